The summed E-state index contributed by atoms with van der Waals surface area (Å²) in [4.78, 5) is 57.0. The van der Waals surface area contributed by atoms with Gasteiger partial charge in [0.15, 0.2) is 0 Å². The van der Waals surface area contributed by atoms with Gasteiger partial charge in [0.05, 0.1) is 23.6 Å². The molecule has 2 fully saturated rings. The highest BCUT2D eigenvalue weighted by Gasteiger charge is 2.74. The fraction of sp³-hybridized carbons (Fsp3) is 0.125. The third kappa shape index (κ3) is 3.87. The normalized spacial score (nSPS) is 22.4. The number of Topliss-reactive ketones (excluding diaryl/α,β-unsaturated/α-hetero) is 2. The van der Waals surface area contributed by atoms with Crippen LogP contribution in [0, 0.1) is 11.8 Å². The van der Waals surface area contributed by atoms with Crippen LogP contribution in [0.5, 0.6) is 11.5 Å². The van der Waals surface area contributed by atoms with Gasteiger partial charge in [0.2, 0.25) is 29.0 Å². The minimum atomic E-state index is -2.11. The summed E-state index contributed by atoms with van der Waals surface area (Å²) in [6, 6.07) is 27.4. The molecule has 202 valence electrons. The van der Waals surface area contributed by atoms with E-state index < -0.39 is 46.9 Å². The van der Waals surface area contributed by atoms with E-state index in [1.807, 2.05) is 24.3 Å². The minimum Gasteiger partial charge on any atom is -0.457 e. The summed E-state index contributed by atoms with van der Waals surface area (Å²) < 4.78 is 13.9. The zero-order valence-corrected chi connectivity index (χ0v) is 24.3. The number of fused-ring (bicyclic) bond motifs is 3. The van der Waals surface area contributed by atoms with Crippen molar-refractivity contribution in [2.75, 3.05) is 4.90 Å². The predicted octanol–water partition coefficient (Wildman–Crippen LogP) is 6.70. The number of nitrogens with zero attached hydrogens (tertiary/aromatic N) is 1. The summed E-state index contributed by atoms with van der Waals surface area (Å²) in [6.07, 6.45) is -0.975. The molecule has 2 aliphatic heterocycles. The molecule has 1 aliphatic carbocycles. The Morgan fingerprint density at radius 1 is 0.659 bits per heavy atom. The SMILES string of the molecule is O=C1[C@H]2[C@@H](C(=O)N1c1ccc(Oc3ccc(Br)cc3)cc1)C1(O[C@H]2c2ccc(Br)cc2)C(=O)c2ccccc2C1=O. The van der Waals surface area contributed by atoms with Gasteiger partial charge in [-0.2, -0.15) is 0 Å². The molecule has 41 heavy (non-hydrogen) atoms. The van der Waals surface area contributed by atoms with Crippen molar-refractivity contribution in [3.63, 3.8) is 0 Å². The van der Waals surface area contributed by atoms with Gasteiger partial charge in [0.1, 0.15) is 11.5 Å². The average Bonchev–Trinajstić information content (AvgIpc) is 3.55. The van der Waals surface area contributed by atoms with E-state index in [0.29, 0.717) is 22.7 Å². The molecule has 0 N–H and O–H groups in total. The maximum Gasteiger partial charge on any atom is 0.241 e. The summed E-state index contributed by atoms with van der Waals surface area (Å²) in [5.41, 5.74) is -0.810. The van der Waals surface area contributed by atoms with Crippen LogP contribution in [-0.2, 0) is 14.3 Å². The molecule has 2 saturated heterocycles. The first-order chi connectivity index (χ1) is 19.8. The van der Waals surface area contributed by atoms with Crippen molar-refractivity contribution in [1.29, 1.82) is 0 Å². The third-order valence-electron chi connectivity index (χ3n) is 7.86. The van der Waals surface area contributed by atoms with E-state index in [4.69, 9.17) is 9.47 Å². The molecule has 0 saturated carbocycles. The van der Waals surface area contributed by atoms with Crippen molar-refractivity contribution in [3.8, 4) is 11.5 Å². The summed E-state index contributed by atoms with van der Waals surface area (Å²) in [7, 11) is 0. The van der Waals surface area contributed by atoms with Crippen LogP contribution >= 0.6 is 31.9 Å². The Hall–Kier alpha value is -3.92. The smallest absolute Gasteiger partial charge is 0.241 e. The third-order valence-corrected chi connectivity index (χ3v) is 8.92. The van der Waals surface area contributed by atoms with Gasteiger partial charge in [-0.15, -0.1) is 0 Å². The number of imide groups is 1. The van der Waals surface area contributed by atoms with Gasteiger partial charge in [-0.05, 0) is 66.2 Å². The van der Waals surface area contributed by atoms with Crippen LogP contribution in [0.3, 0.4) is 0 Å². The van der Waals surface area contributed by atoms with Crippen LogP contribution in [0.15, 0.2) is 106 Å². The Morgan fingerprint density at radius 2 is 1.17 bits per heavy atom. The zero-order valence-electron chi connectivity index (χ0n) is 21.1. The maximum absolute atomic E-state index is 14.1. The number of halogens is 2. The van der Waals surface area contributed by atoms with Crippen LogP contribution in [0.2, 0.25) is 0 Å². The molecular formula is C32H19Br2NO6. The molecule has 4 aromatic rings. The largest absolute Gasteiger partial charge is 0.457 e. The van der Waals surface area contributed by atoms with Gasteiger partial charge >= 0.3 is 0 Å². The highest BCUT2D eigenvalue weighted by molar-refractivity contribution is 9.10. The predicted molar refractivity (Wildman–Crippen MR) is 156 cm³/mol. The second kappa shape index (κ2) is 9.58. The van der Waals surface area contributed by atoms with Crippen molar-refractivity contribution in [1.82, 2.24) is 0 Å². The number of ether oxygens (including phenoxy) is 2. The minimum absolute atomic E-state index is 0.195. The molecule has 1 spiro atoms. The van der Waals surface area contributed by atoms with E-state index in [-0.39, 0.29) is 11.1 Å². The van der Waals surface area contributed by atoms with E-state index in [2.05, 4.69) is 31.9 Å². The first kappa shape index (κ1) is 26.0. The zero-order chi connectivity index (χ0) is 28.5. The number of hydrogen-bond acceptors (Lipinski definition) is 6. The van der Waals surface area contributed by atoms with Gasteiger partial charge in [-0.3, -0.25) is 19.2 Å². The second-order valence-electron chi connectivity index (χ2n) is 10.1. The lowest BCUT2D eigenvalue weighted by molar-refractivity contribution is -0.127. The van der Waals surface area contributed by atoms with Crippen molar-refractivity contribution >= 4 is 60.9 Å². The number of carbonyl (C=O) groups is 4. The molecule has 4 aromatic carbocycles. The van der Waals surface area contributed by atoms with Crippen LogP contribution < -0.4 is 9.64 Å². The molecule has 3 aliphatic rings. The number of benzene rings is 4. The van der Waals surface area contributed by atoms with E-state index >= 15 is 0 Å². The molecule has 2 heterocycles. The lowest BCUT2D eigenvalue weighted by Crippen LogP contribution is -2.51. The molecule has 9 heteroatoms. The molecule has 0 radical (unpaired) electrons. The number of carbonyl (C=O) groups excluding carboxylic acids is 4. The topological polar surface area (TPSA) is 90.0 Å². The van der Waals surface area contributed by atoms with Crippen molar-refractivity contribution in [2.45, 2.75) is 11.7 Å². The molecule has 7 nitrogen and oxygen atoms in total. The highest BCUT2D eigenvalue weighted by atomic mass is 79.9. The Kier molecular flexibility index (Phi) is 6.08. The van der Waals surface area contributed by atoms with Gasteiger partial charge in [0, 0.05) is 20.1 Å². The molecular weight excluding hydrogens is 654 g/mol. The first-order valence-electron chi connectivity index (χ1n) is 12.8. The van der Waals surface area contributed by atoms with E-state index in [1.165, 1.54) is 0 Å². The molecule has 0 unspecified atom stereocenters. The number of ketones is 2. The summed E-state index contributed by atoms with van der Waals surface area (Å²) >= 11 is 6.80. The number of amides is 2. The van der Waals surface area contributed by atoms with Gasteiger partial charge in [-0.1, -0.05) is 68.3 Å². The number of hydrogen-bond donors (Lipinski definition) is 0. The standard InChI is InChI=1S/C32H19Br2NO6/c33-18-7-5-17(6-8-18)27-25-26(32(41-27)28(36)23-3-1-2-4-24(23)29(32)37)31(39)35(30(25)38)20-11-15-22(16-12-20)40-21-13-9-19(34)10-14-21/h1-16,25-27H/t25-,26-,27-/m0/s1. The quantitative estimate of drug-likeness (QED) is 0.177. The Balaban J connectivity index is 1.28. The monoisotopic (exact) mass is 671 g/mol. The average molecular weight is 673 g/mol. The first-order valence-corrected chi connectivity index (χ1v) is 14.4. The molecule has 2 amide bonds. The fourth-order valence-electron chi connectivity index (χ4n) is 6.03. The Morgan fingerprint density at radius 3 is 1.73 bits per heavy atom. The van der Waals surface area contributed by atoms with Crippen LogP contribution in [0.4, 0.5) is 5.69 Å². The summed E-state index contributed by atoms with van der Waals surface area (Å²) in [5, 5.41) is 0. The van der Waals surface area contributed by atoms with Crippen molar-refractivity contribution < 1.29 is 28.7 Å². The lowest BCUT2D eigenvalue weighted by atomic mass is 9.77. The van der Waals surface area contributed by atoms with E-state index in [1.54, 1.807) is 72.8 Å². The van der Waals surface area contributed by atoms with Crippen LogP contribution in [0.1, 0.15) is 32.4 Å². The number of rotatable bonds is 4. The van der Waals surface area contributed by atoms with E-state index in [9.17, 15) is 19.2 Å². The van der Waals surface area contributed by atoms with Crippen LogP contribution in [0.25, 0.3) is 0 Å². The second-order valence-corrected chi connectivity index (χ2v) is 11.9. The molecule has 3 atom stereocenters. The summed E-state index contributed by atoms with van der Waals surface area (Å²) in [5.74, 6) is -3.58. The van der Waals surface area contributed by atoms with Gasteiger partial charge in [0.25, 0.3) is 0 Å². The molecule has 0 aromatic heterocycles. The van der Waals surface area contributed by atoms with Gasteiger partial charge < -0.3 is 9.47 Å². The van der Waals surface area contributed by atoms with Crippen LogP contribution in [-0.4, -0.2) is 29.0 Å². The molecule has 0 bridgehead atoms. The Bertz CT molecular complexity index is 1720. The highest BCUT2D eigenvalue weighted by Crippen LogP contribution is 2.57. The molecule has 7 rings (SSSR count). The fourth-order valence-corrected chi connectivity index (χ4v) is 6.56. The van der Waals surface area contributed by atoms with Crippen molar-refractivity contribution in [2.24, 2.45) is 11.8 Å². The Labute approximate surface area is 251 Å². The van der Waals surface area contributed by atoms with E-state index in [0.717, 1.165) is 13.8 Å². The number of anilines is 1. The van der Waals surface area contributed by atoms with Gasteiger partial charge in [-0.25, -0.2) is 4.90 Å². The maximum atomic E-state index is 14.1. The lowest BCUT2D eigenvalue weighted by Gasteiger charge is -2.27. The summed E-state index contributed by atoms with van der Waals surface area (Å²) in [6.45, 7) is 0. The van der Waals surface area contributed by atoms with Crippen molar-refractivity contribution in [3.05, 3.63) is 123 Å².